The van der Waals surface area contributed by atoms with E-state index in [2.05, 4.69) is 10.5 Å². The van der Waals surface area contributed by atoms with E-state index in [1.54, 1.807) is 32.0 Å². The molecule has 1 aliphatic heterocycles. The molecule has 0 saturated heterocycles. The number of aryl methyl sites for hydroxylation is 1. The first-order chi connectivity index (χ1) is 11.0. The predicted octanol–water partition coefficient (Wildman–Crippen LogP) is 2.08. The number of carbonyl (C=O) groups is 3. The van der Waals surface area contributed by atoms with Crippen molar-refractivity contribution in [2.45, 2.75) is 19.8 Å². The molecule has 0 spiro atoms. The Kier molecular flexibility index (Phi) is 3.69. The highest BCUT2D eigenvalue weighted by Crippen LogP contribution is 2.32. The van der Waals surface area contributed by atoms with Crippen LogP contribution in [0.1, 0.15) is 45.0 Å². The number of ether oxygens (including phenoxy) is 1. The van der Waals surface area contributed by atoms with Gasteiger partial charge in [-0.1, -0.05) is 5.16 Å². The zero-order chi connectivity index (χ0) is 16.6. The lowest BCUT2D eigenvalue weighted by Gasteiger charge is -2.06. The van der Waals surface area contributed by atoms with Gasteiger partial charge in [0, 0.05) is 17.3 Å². The Balaban J connectivity index is 1.67. The van der Waals surface area contributed by atoms with Crippen LogP contribution in [-0.2, 0) is 9.53 Å². The monoisotopic (exact) mass is 314 g/mol. The van der Waals surface area contributed by atoms with E-state index in [0.29, 0.717) is 16.9 Å². The Morgan fingerprint density at radius 1 is 1.35 bits per heavy atom. The summed E-state index contributed by atoms with van der Waals surface area (Å²) in [6.45, 7) is 3.03. The smallest absolute Gasteiger partial charge is 0.377 e. The lowest BCUT2D eigenvalue weighted by Crippen LogP contribution is -2.14. The molecule has 7 heteroatoms. The van der Waals surface area contributed by atoms with Gasteiger partial charge in [0.05, 0.1) is 11.6 Å². The number of carbonyl (C=O) groups excluding carboxylic acids is 3. The summed E-state index contributed by atoms with van der Waals surface area (Å²) in [6, 6.07) is 6.34. The molecule has 2 heterocycles. The molecule has 1 atom stereocenters. The maximum absolute atomic E-state index is 12.1. The van der Waals surface area contributed by atoms with Crippen molar-refractivity contribution in [3.63, 3.8) is 0 Å². The van der Waals surface area contributed by atoms with E-state index in [-0.39, 0.29) is 23.4 Å². The van der Waals surface area contributed by atoms with Crippen LogP contribution in [-0.4, -0.2) is 29.4 Å². The van der Waals surface area contributed by atoms with Gasteiger partial charge in [0.15, 0.2) is 12.4 Å². The predicted molar refractivity (Wildman–Crippen MR) is 79.3 cm³/mol. The van der Waals surface area contributed by atoms with Gasteiger partial charge < -0.3 is 14.6 Å². The second-order valence-electron chi connectivity index (χ2n) is 5.34. The van der Waals surface area contributed by atoms with Crippen LogP contribution < -0.4 is 5.32 Å². The molecule has 0 fully saturated rings. The number of Topliss-reactive ketones (excluding diaryl/α,β-unsaturated/α-hetero) is 1. The van der Waals surface area contributed by atoms with Gasteiger partial charge in [-0.25, -0.2) is 4.79 Å². The molecule has 1 aromatic heterocycles. The quantitative estimate of drug-likeness (QED) is 0.685. The lowest BCUT2D eigenvalue weighted by atomic mass is 9.99. The molecule has 0 radical (unpaired) electrons. The fourth-order valence-electron chi connectivity index (χ4n) is 2.34. The van der Waals surface area contributed by atoms with E-state index in [0.717, 1.165) is 5.56 Å². The minimum absolute atomic E-state index is 0.0485. The summed E-state index contributed by atoms with van der Waals surface area (Å²) >= 11 is 0. The lowest BCUT2D eigenvalue weighted by molar-refractivity contribution is -0.116. The summed E-state index contributed by atoms with van der Waals surface area (Å²) < 4.78 is 9.69. The first-order valence-electron chi connectivity index (χ1n) is 7.04. The molecule has 0 unspecified atom stereocenters. The number of hydrogen-bond acceptors (Lipinski definition) is 6. The average molecular weight is 314 g/mol. The van der Waals surface area contributed by atoms with Crippen LogP contribution in [0.15, 0.2) is 28.8 Å². The van der Waals surface area contributed by atoms with Crippen molar-refractivity contribution in [3.8, 4) is 0 Å². The van der Waals surface area contributed by atoms with Gasteiger partial charge in [0.25, 0.3) is 0 Å². The minimum Gasteiger partial charge on any atom is -0.451 e. The molecular formula is C16H14N2O5. The number of rotatable bonds is 4. The van der Waals surface area contributed by atoms with Crippen molar-refractivity contribution in [1.29, 1.82) is 0 Å². The van der Waals surface area contributed by atoms with Crippen LogP contribution >= 0.6 is 0 Å². The third kappa shape index (κ3) is 2.85. The number of benzene rings is 1. The minimum atomic E-state index is -0.745. The molecule has 1 amide bonds. The number of ketones is 1. The first kappa shape index (κ1) is 15.0. The molecule has 3 rings (SSSR count). The van der Waals surface area contributed by atoms with Crippen LogP contribution in [0.4, 0.5) is 5.69 Å². The van der Waals surface area contributed by atoms with E-state index in [1.165, 1.54) is 6.07 Å². The van der Waals surface area contributed by atoms with Crippen LogP contribution in [0.25, 0.3) is 0 Å². The summed E-state index contributed by atoms with van der Waals surface area (Å²) in [7, 11) is 0. The molecule has 118 valence electrons. The van der Waals surface area contributed by atoms with E-state index in [9.17, 15) is 14.4 Å². The molecule has 0 saturated carbocycles. The molecule has 0 aliphatic carbocycles. The number of nitrogens with one attached hydrogen (secondary N) is 1. The van der Waals surface area contributed by atoms with E-state index in [1.807, 2.05) is 0 Å². The molecule has 23 heavy (non-hydrogen) atoms. The summed E-state index contributed by atoms with van der Waals surface area (Å²) in [6.07, 6.45) is 0. The number of nitrogens with zero attached hydrogens (tertiary/aromatic N) is 1. The zero-order valence-electron chi connectivity index (χ0n) is 12.6. The summed E-state index contributed by atoms with van der Waals surface area (Å²) in [5, 5.41) is 6.31. The summed E-state index contributed by atoms with van der Waals surface area (Å²) in [5.41, 5.74) is 2.40. The van der Waals surface area contributed by atoms with Gasteiger partial charge >= 0.3 is 5.97 Å². The number of aromatic nitrogens is 1. The Labute approximate surface area is 131 Å². The van der Waals surface area contributed by atoms with Gasteiger partial charge in [0.1, 0.15) is 0 Å². The van der Waals surface area contributed by atoms with Crippen molar-refractivity contribution < 1.29 is 23.6 Å². The normalized spacial score (nSPS) is 15.9. The summed E-state index contributed by atoms with van der Waals surface area (Å²) in [4.78, 5) is 35.5. The third-order valence-electron chi connectivity index (χ3n) is 3.65. The fraction of sp³-hybridized carbons (Fsp3) is 0.250. The average Bonchev–Trinajstić information content (AvgIpc) is 3.09. The van der Waals surface area contributed by atoms with Crippen LogP contribution in [0.2, 0.25) is 0 Å². The van der Waals surface area contributed by atoms with Crippen LogP contribution in [0.5, 0.6) is 0 Å². The molecule has 0 bridgehead atoms. The van der Waals surface area contributed by atoms with Crippen molar-refractivity contribution in [3.05, 3.63) is 46.8 Å². The van der Waals surface area contributed by atoms with Crippen molar-refractivity contribution >= 4 is 23.3 Å². The number of amides is 1. The Morgan fingerprint density at radius 3 is 2.83 bits per heavy atom. The topological polar surface area (TPSA) is 98.5 Å². The second kappa shape index (κ2) is 5.68. The Hall–Kier alpha value is -2.96. The number of esters is 1. The maximum Gasteiger partial charge on any atom is 0.377 e. The van der Waals surface area contributed by atoms with Crippen LogP contribution in [0.3, 0.4) is 0 Å². The third-order valence-corrected chi connectivity index (χ3v) is 3.65. The number of hydrogen-bond donors (Lipinski definition) is 1. The highest BCUT2D eigenvalue weighted by atomic mass is 16.6. The second-order valence-corrected chi connectivity index (χ2v) is 5.34. The first-order valence-corrected chi connectivity index (χ1v) is 7.04. The van der Waals surface area contributed by atoms with Gasteiger partial charge in [-0.3, -0.25) is 9.59 Å². The Morgan fingerprint density at radius 2 is 2.13 bits per heavy atom. The number of fused-ring (bicyclic) bond motifs is 1. The maximum atomic E-state index is 12.1. The molecule has 1 N–H and O–H groups in total. The van der Waals surface area contributed by atoms with Crippen LogP contribution in [0, 0.1) is 6.92 Å². The summed E-state index contributed by atoms with van der Waals surface area (Å²) in [5.74, 6) is -1.56. The zero-order valence-corrected chi connectivity index (χ0v) is 12.6. The SMILES string of the molecule is Cc1cc(C(=O)OCC(=O)c2ccc3c(c2)[C@H](C)C(=O)N3)on1. The largest absolute Gasteiger partial charge is 0.451 e. The fourth-order valence-corrected chi connectivity index (χ4v) is 2.34. The highest BCUT2D eigenvalue weighted by Gasteiger charge is 2.27. The van der Waals surface area contributed by atoms with Crippen molar-refractivity contribution in [2.24, 2.45) is 0 Å². The van der Waals surface area contributed by atoms with Crippen molar-refractivity contribution in [2.75, 3.05) is 11.9 Å². The van der Waals surface area contributed by atoms with Gasteiger partial charge in [0.2, 0.25) is 11.7 Å². The van der Waals surface area contributed by atoms with E-state index < -0.39 is 12.6 Å². The van der Waals surface area contributed by atoms with E-state index >= 15 is 0 Å². The standard InChI is InChI=1S/C16H14N2O5/c1-8-5-14(23-18-8)16(21)22-7-13(19)10-3-4-12-11(6-10)9(2)15(20)17-12/h3-6,9H,7H2,1-2H3,(H,17,20)/t9-/m0/s1. The molecule has 1 aromatic carbocycles. The van der Waals surface area contributed by atoms with Crippen molar-refractivity contribution in [1.82, 2.24) is 5.16 Å². The molecule has 1 aliphatic rings. The Bertz CT molecular complexity index is 809. The van der Waals surface area contributed by atoms with Gasteiger partial charge in [-0.15, -0.1) is 0 Å². The molecule has 2 aromatic rings. The molecule has 7 nitrogen and oxygen atoms in total. The van der Waals surface area contributed by atoms with Gasteiger partial charge in [-0.05, 0) is 37.6 Å². The van der Waals surface area contributed by atoms with Gasteiger partial charge in [-0.2, -0.15) is 0 Å². The number of anilines is 1. The molecular weight excluding hydrogens is 300 g/mol. The highest BCUT2D eigenvalue weighted by molar-refractivity contribution is 6.05. The van der Waals surface area contributed by atoms with E-state index in [4.69, 9.17) is 9.26 Å².